The van der Waals surface area contributed by atoms with Crippen LogP contribution in [0.5, 0.6) is 5.75 Å². The van der Waals surface area contributed by atoms with Crippen LogP contribution in [0.15, 0.2) is 42.5 Å². The molecule has 0 bridgehead atoms. The molecule has 0 radical (unpaired) electrons. The highest BCUT2D eigenvalue weighted by Crippen LogP contribution is 2.36. The second-order valence-electron chi connectivity index (χ2n) is 6.35. The summed E-state index contributed by atoms with van der Waals surface area (Å²) in [6.45, 7) is 2.32. The second-order valence-corrected chi connectivity index (χ2v) is 7.17. The molecule has 1 heterocycles. The number of hydrogen-bond acceptors (Lipinski definition) is 4. The Bertz CT molecular complexity index is 853. The number of nitrogens with one attached hydrogen (secondary N) is 1. The molecule has 1 fully saturated rings. The molecule has 0 atom stereocenters. The molecule has 2 aromatic rings. The zero-order chi connectivity index (χ0) is 20.1. The minimum Gasteiger partial charge on any atom is -0.495 e. The van der Waals surface area contributed by atoms with E-state index in [4.69, 9.17) is 27.9 Å². The quantitative estimate of drug-likeness (QED) is 0.805. The van der Waals surface area contributed by atoms with Gasteiger partial charge in [0.25, 0.3) is 5.91 Å². The van der Waals surface area contributed by atoms with Crippen LogP contribution < -0.4 is 15.0 Å². The molecule has 8 heteroatoms. The van der Waals surface area contributed by atoms with E-state index in [1.54, 1.807) is 42.3 Å². The molecule has 2 aromatic carbocycles. The van der Waals surface area contributed by atoms with Crippen molar-refractivity contribution in [2.75, 3.05) is 44.7 Å². The molecule has 148 valence electrons. The second kappa shape index (κ2) is 9.17. The third-order valence-corrected chi connectivity index (χ3v) is 5.23. The summed E-state index contributed by atoms with van der Waals surface area (Å²) in [6, 6.07) is 12.3. The minimum atomic E-state index is -0.257. The van der Waals surface area contributed by atoms with E-state index in [1.807, 2.05) is 12.1 Å². The first-order valence-corrected chi connectivity index (χ1v) is 9.64. The normalized spacial score (nSPS) is 14.0. The summed E-state index contributed by atoms with van der Waals surface area (Å²) in [5, 5.41) is 3.67. The summed E-state index contributed by atoms with van der Waals surface area (Å²) in [6.07, 6.45) is 0. The number of nitrogens with zero attached hydrogens (tertiary/aromatic N) is 2. The number of halogens is 2. The van der Waals surface area contributed by atoms with Crippen LogP contribution in [0.2, 0.25) is 10.0 Å². The molecule has 28 heavy (non-hydrogen) atoms. The average Bonchev–Trinajstić information content (AvgIpc) is 2.72. The van der Waals surface area contributed by atoms with Gasteiger partial charge in [0.05, 0.1) is 29.4 Å². The smallest absolute Gasteiger partial charge is 0.251 e. The van der Waals surface area contributed by atoms with Crippen molar-refractivity contribution in [3.63, 3.8) is 0 Å². The molecule has 0 aliphatic carbocycles. The number of methoxy groups -OCH3 is 1. The molecule has 1 saturated heterocycles. The zero-order valence-electron chi connectivity index (χ0n) is 15.5. The molecule has 0 saturated carbocycles. The van der Waals surface area contributed by atoms with Crippen LogP contribution in [0.4, 0.5) is 5.69 Å². The van der Waals surface area contributed by atoms with E-state index >= 15 is 0 Å². The Labute approximate surface area is 174 Å². The van der Waals surface area contributed by atoms with Crippen molar-refractivity contribution in [3.8, 4) is 5.75 Å². The number of rotatable bonds is 5. The highest BCUT2D eigenvalue weighted by molar-refractivity contribution is 6.37. The van der Waals surface area contributed by atoms with Gasteiger partial charge in [0.2, 0.25) is 5.91 Å². The highest BCUT2D eigenvalue weighted by atomic mass is 35.5. The van der Waals surface area contributed by atoms with Crippen LogP contribution in [-0.4, -0.2) is 56.5 Å². The number of benzene rings is 2. The van der Waals surface area contributed by atoms with E-state index in [9.17, 15) is 9.59 Å². The standard InChI is InChI=1S/C20H21Cl2N3O3/c1-28-18-12-17(15(21)11-16(18)22)24-7-9-25(10-8-24)19(26)13-23-20(27)14-5-3-2-4-6-14/h2-6,11-12H,7-10,13H2,1H3,(H,23,27). The molecule has 0 spiro atoms. The van der Waals surface area contributed by atoms with Gasteiger partial charge in [-0.1, -0.05) is 41.4 Å². The Morgan fingerprint density at radius 1 is 1.04 bits per heavy atom. The molecule has 0 unspecified atom stereocenters. The Morgan fingerprint density at radius 3 is 2.36 bits per heavy atom. The molecule has 1 aliphatic rings. The summed E-state index contributed by atoms with van der Waals surface area (Å²) >= 11 is 12.4. The lowest BCUT2D eigenvalue weighted by Gasteiger charge is -2.36. The summed E-state index contributed by atoms with van der Waals surface area (Å²) in [5.74, 6) is 0.194. The molecule has 3 rings (SSSR count). The molecule has 1 aliphatic heterocycles. The van der Waals surface area contributed by atoms with Crippen molar-refractivity contribution in [1.29, 1.82) is 0 Å². The lowest BCUT2D eigenvalue weighted by Crippen LogP contribution is -2.51. The molecular weight excluding hydrogens is 401 g/mol. The lowest BCUT2D eigenvalue weighted by atomic mass is 10.2. The van der Waals surface area contributed by atoms with Crippen molar-refractivity contribution >= 4 is 40.7 Å². The maximum atomic E-state index is 12.4. The number of amides is 2. The monoisotopic (exact) mass is 421 g/mol. The Balaban J connectivity index is 1.54. The lowest BCUT2D eigenvalue weighted by molar-refractivity contribution is -0.130. The molecule has 2 amide bonds. The van der Waals surface area contributed by atoms with Crippen molar-refractivity contribution < 1.29 is 14.3 Å². The van der Waals surface area contributed by atoms with E-state index < -0.39 is 0 Å². The fourth-order valence-electron chi connectivity index (χ4n) is 3.07. The van der Waals surface area contributed by atoms with Crippen LogP contribution in [0, 0.1) is 0 Å². The first-order chi connectivity index (χ1) is 13.5. The summed E-state index contributed by atoms with van der Waals surface area (Å²) in [4.78, 5) is 28.3. The number of hydrogen-bond donors (Lipinski definition) is 1. The van der Waals surface area contributed by atoms with Crippen LogP contribution in [-0.2, 0) is 4.79 Å². The van der Waals surface area contributed by atoms with Crippen LogP contribution in [0.1, 0.15) is 10.4 Å². The van der Waals surface area contributed by atoms with Crippen LogP contribution >= 0.6 is 23.2 Å². The fourth-order valence-corrected chi connectivity index (χ4v) is 3.65. The van der Waals surface area contributed by atoms with Gasteiger partial charge < -0.3 is 19.9 Å². The van der Waals surface area contributed by atoms with Gasteiger partial charge in [-0.05, 0) is 18.2 Å². The van der Waals surface area contributed by atoms with Gasteiger partial charge in [0, 0.05) is 37.8 Å². The first-order valence-electron chi connectivity index (χ1n) is 8.88. The predicted octanol–water partition coefficient (Wildman–Crippen LogP) is 3.08. The number of carbonyl (C=O) groups excluding carboxylic acids is 2. The Kier molecular flexibility index (Phi) is 6.65. The van der Waals surface area contributed by atoms with Gasteiger partial charge >= 0.3 is 0 Å². The van der Waals surface area contributed by atoms with Crippen molar-refractivity contribution in [3.05, 3.63) is 58.1 Å². The van der Waals surface area contributed by atoms with Crippen molar-refractivity contribution in [2.24, 2.45) is 0 Å². The number of piperazine rings is 1. The maximum absolute atomic E-state index is 12.4. The third kappa shape index (κ3) is 4.69. The number of ether oxygens (including phenoxy) is 1. The van der Waals surface area contributed by atoms with Gasteiger partial charge in [-0.15, -0.1) is 0 Å². The van der Waals surface area contributed by atoms with E-state index in [2.05, 4.69) is 10.2 Å². The van der Waals surface area contributed by atoms with Gasteiger partial charge in [0.15, 0.2) is 0 Å². The van der Waals surface area contributed by atoms with Gasteiger partial charge in [-0.3, -0.25) is 9.59 Å². The Hall–Kier alpha value is -2.44. The van der Waals surface area contributed by atoms with Crippen LogP contribution in [0.25, 0.3) is 0 Å². The van der Waals surface area contributed by atoms with Gasteiger partial charge in [-0.25, -0.2) is 0 Å². The molecule has 1 N–H and O–H groups in total. The van der Waals surface area contributed by atoms with Gasteiger partial charge in [0.1, 0.15) is 5.75 Å². The maximum Gasteiger partial charge on any atom is 0.251 e. The molecule has 6 nitrogen and oxygen atoms in total. The number of carbonyl (C=O) groups is 2. The topological polar surface area (TPSA) is 61.9 Å². The SMILES string of the molecule is COc1cc(N2CCN(C(=O)CNC(=O)c3ccccc3)CC2)c(Cl)cc1Cl. The first kappa shape index (κ1) is 20.3. The highest BCUT2D eigenvalue weighted by Gasteiger charge is 2.23. The number of anilines is 1. The molecule has 0 aromatic heterocycles. The van der Waals surface area contributed by atoms with Crippen LogP contribution in [0.3, 0.4) is 0 Å². The van der Waals surface area contributed by atoms with Crippen molar-refractivity contribution in [1.82, 2.24) is 10.2 Å². The Morgan fingerprint density at radius 2 is 1.71 bits per heavy atom. The average molecular weight is 422 g/mol. The summed E-state index contributed by atoms with van der Waals surface area (Å²) in [5.41, 5.74) is 1.36. The zero-order valence-corrected chi connectivity index (χ0v) is 17.0. The van der Waals surface area contributed by atoms with E-state index in [0.29, 0.717) is 47.5 Å². The van der Waals surface area contributed by atoms with Crippen molar-refractivity contribution in [2.45, 2.75) is 0 Å². The summed E-state index contributed by atoms with van der Waals surface area (Å²) in [7, 11) is 1.55. The summed E-state index contributed by atoms with van der Waals surface area (Å²) < 4.78 is 5.26. The molecular formula is C20H21Cl2N3O3. The fraction of sp³-hybridized carbons (Fsp3) is 0.300. The van der Waals surface area contributed by atoms with E-state index in [0.717, 1.165) is 5.69 Å². The van der Waals surface area contributed by atoms with Gasteiger partial charge in [-0.2, -0.15) is 0 Å². The predicted molar refractivity (Wildman–Crippen MR) is 111 cm³/mol. The third-order valence-electron chi connectivity index (χ3n) is 4.63. The van der Waals surface area contributed by atoms with E-state index in [-0.39, 0.29) is 18.4 Å². The largest absolute Gasteiger partial charge is 0.495 e. The minimum absolute atomic E-state index is 0.0246. The van der Waals surface area contributed by atoms with E-state index in [1.165, 1.54) is 0 Å².